The molecule has 0 fully saturated rings. The summed E-state index contributed by atoms with van der Waals surface area (Å²) >= 11 is 6.01. The van der Waals surface area contributed by atoms with Crippen LogP contribution in [0.15, 0.2) is 18.2 Å². The molecule has 0 bridgehead atoms. The van der Waals surface area contributed by atoms with Crippen molar-refractivity contribution in [3.8, 4) is 11.4 Å². The van der Waals surface area contributed by atoms with Gasteiger partial charge in [-0.3, -0.25) is 0 Å². The SMILES string of the molecule is COCCn1c(CO)nnc1-c1ccc(F)cc1Cl. The number of halogens is 2. The second-order valence-electron chi connectivity index (χ2n) is 3.87. The predicted octanol–water partition coefficient (Wildman–Crippen LogP) is 1.88. The Bertz CT molecular complexity index is 574. The zero-order valence-electron chi connectivity index (χ0n) is 10.3. The molecule has 1 aromatic carbocycles. The minimum atomic E-state index is -0.418. The van der Waals surface area contributed by atoms with Crippen molar-refractivity contribution in [1.29, 1.82) is 0 Å². The van der Waals surface area contributed by atoms with Gasteiger partial charge >= 0.3 is 0 Å². The maximum absolute atomic E-state index is 13.1. The molecule has 0 saturated heterocycles. The monoisotopic (exact) mass is 285 g/mol. The quantitative estimate of drug-likeness (QED) is 0.911. The maximum Gasteiger partial charge on any atom is 0.165 e. The van der Waals surface area contributed by atoms with Crippen molar-refractivity contribution in [2.24, 2.45) is 0 Å². The van der Waals surface area contributed by atoms with Gasteiger partial charge < -0.3 is 14.4 Å². The molecule has 1 aromatic heterocycles. The Balaban J connectivity index is 2.46. The number of nitrogens with zero attached hydrogens (tertiary/aromatic N) is 3. The molecule has 5 nitrogen and oxygen atoms in total. The van der Waals surface area contributed by atoms with E-state index in [-0.39, 0.29) is 11.6 Å². The molecule has 0 aliphatic rings. The minimum Gasteiger partial charge on any atom is -0.388 e. The fourth-order valence-corrected chi connectivity index (χ4v) is 1.99. The van der Waals surface area contributed by atoms with Crippen molar-refractivity contribution in [3.05, 3.63) is 34.9 Å². The number of hydrogen-bond donors (Lipinski definition) is 1. The molecule has 2 aromatic rings. The van der Waals surface area contributed by atoms with E-state index in [0.29, 0.717) is 30.4 Å². The summed E-state index contributed by atoms with van der Waals surface area (Å²) in [5, 5.41) is 17.4. The van der Waals surface area contributed by atoms with Gasteiger partial charge in [0.15, 0.2) is 11.6 Å². The largest absolute Gasteiger partial charge is 0.388 e. The van der Waals surface area contributed by atoms with Gasteiger partial charge in [0.25, 0.3) is 0 Å². The van der Waals surface area contributed by atoms with Crippen molar-refractivity contribution < 1.29 is 14.2 Å². The van der Waals surface area contributed by atoms with Crippen LogP contribution in [-0.2, 0) is 17.9 Å². The number of aliphatic hydroxyl groups excluding tert-OH is 1. The first-order valence-corrected chi connectivity index (χ1v) is 6.02. The summed E-state index contributed by atoms with van der Waals surface area (Å²) in [5.74, 6) is 0.470. The molecular weight excluding hydrogens is 273 g/mol. The number of benzene rings is 1. The molecule has 1 N–H and O–H groups in total. The summed E-state index contributed by atoms with van der Waals surface area (Å²) in [6, 6.07) is 4.05. The molecule has 0 unspecified atom stereocenters. The lowest BCUT2D eigenvalue weighted by molar-refractivity contribution is 0.183. The van der Waals surface area contributed by atoms with Gasteiger partial charge in [0.05, 0.1) is 11.6 Å². The third kappa shape index (κ3) is 2.91. The molecule has 0 saturated carbocycles. The van der Waals surface area contributed by atoms with E-state index in [1.165, 1.54) is 18.2 Å². The van der Waals surface area contributed by atoms with Gasteiger partial charge in [0.1, 0.15) is 12.4 Å². The summed E-state index contributed by atoms with van der Waals surface area (Å²) in [6.45, 7) is 0.675. The lowest BCUT2D eigenvalue weighted by Crippen LogP contribution is -2.10. The van der Waals surface area contributed by atoms with E-state index >= 15 is 0 Å². The summed E-state index contributed by atoms with van der Waals surface area (Å²) in [4.78, 5) is 0. The Morgan fingerprint density at radius 3 is 2.84 bits per heavy atom. The van der Waals surface area contributed by atoms with E-state index < -0.39 is 5.82 Å². The molecular formula is C12H13ClFN3O2. The van der Waals surface area contributed by atoms with Crippen LogP contribution >= 0.6 is 11.6 Å². The van der Waals surface area contributed by atoms with Gasteiger partial charge in [-0.15, -0.1) is 10.2 Å². The second kappa shape index (κ2) is 6.10. The van der Waals surface area contributed by atoms with Crippen LogP contribution in [0.3, 0.4) is 0 Å². The first kappa shape index (κ1) is 13.9. The van der Waals surface area contributed by atoms with Crippen LogP contribution in [0.5, 0.6) is 0 Å². The Morgan fingerprint density at radius 2 is 2.21 bits per heavy atom. The molecule has 0 radical (unpaired) electrons. The molecule has 0 aliphatic heterocycles. The zero-order chi connectivity index (χ0) is 13.8. The fraction of sp³-hybridized carbons (Fsp3) is 0.333. The van der Waals surface area contributed by atoms with Crippen molar-refractivity contribution in [2.45, 2.75) is 13.2 Å². The van der Waals surface area contributed by atoms with Gasteiger partial charge in [-0.05, 0) is 18.2 Å². The smallest absolute Gasteiger partial charge is 0.165 e. The standard InChI is InChI=1S/C12H13ClFN3O2/c1-19-5-4-17-11(7-18)15-16-12(17)9-3-2-8(14)6-10(9)13/h2-3,6,18H,4-5,7H2,1H3. The van der Waals surface area contributed by atoms with Crippen molar-refractivity contribution in [2.75, 3.05) is 13.7 Å². The second-order valence-corrected chi connectivity index (χ2v) is 4.27. The molecule has 19 heavy (non-hydrogen) atoms. The van der Waals surface area contributed by atoms with E-state index in [4.69, 9.17) is 16.3 Å². The third-order valence-corrected chi connectivity index (χ3v) is 2.97. The number of methoxy groups -OCH3 is 1. The topological polar surface area (TPSA) is 60.2 Å². The van der Waals surface area contributed by atoms with Crippen LogP contribution in [0.4, 0.5) is 4.39 Å². The molecule has 7 heteroatoms. The number of hydrogen-bond acceptors (Lipinski definition) is 4. The number of rotatable bonds is 5. The number of aliphatic hydroxyl groups is 1. The van der Waals surface area contributed by atoms with Gasteiger partial charge in [-0.25, -0.2) is 4.39 Å². The number of aromatic nitrogens is 3. The van der Waals surface area contributed by atoms with Crippen LogP contribution in [0.1, 0.15) is 5.82 Å². The third-order valence-electron chi connectivity index (χ3n) is 2.66. The average molecular weight is 286 g/mol. The number of ether oxygens (including phenoxy) is 1. The first-order valence-electron chi connectivity index (χ1n) is 5.64. The molecule has 0 aliphatic carbocycles. The summed E-state index contributed by atoms with van der Waals surface area (Å²) in [7, 11) is 1.58. The molecule has 1 heterocycles. The normalized spacial score (nSPS) is 10.9. The first-order chi connectivity index (χ1) is 9.17. The lowest BCUT2D eigenvalue weighted by atomic mass is 10.2. The van der Waals surface area contributed by atoms with Crippen LogP contribution in [0.2, 0.25) is 5.02 Å². The Labute approximate surface area is 114 Å². The van der Waals surface area contributed by atoms with Crippen molar-refractivity contribution >= 4 is 11.6 Å². The average Bonchev–Trinajstić information content (AvgIpc) is 2.79. The Morgan fingerprint density at radius 1 is 1.42 bits per heavy atom. The summed E-state index contributed by atoms with van der Waals surface area (Å²) < 4.78 is 19.8. The highest BCUT2D eigenvalue weighted by molar-refractivity contribution is 6.33. The fourth-order valence-electron chi connectivity index (χ4n) is 1.74. The summed E-state index contributed by atoms with van der Waals surface area (Å²) in [5.41, 5.74) is 0.561. The van der Waals surface area contributed by atoms with Crippen LogP contribution < -0.4 is 0 Å². The highest BCUT2D eigenvalue weighted by Gasteiger charge is 2.15. The molecule has 102 valence electrons. The zero-order valence-corrected chi connectivity index (χ0v) is 11.1. The van der Waals surface area contributed by atoms with Gasteiger partial charge in [-0.2, -0.15) is 0 Å². The summed E-state index contributed by atoms with van der Waals surface area (Å²) in [6.07, 6.45) is 0. The van der Waals surface area contributed by atoms with Crippen LogP contribution in [0.25, 0.3) is 11.4 Å². The minimum absolute atomic E-state index is 0.241. The molecule has 0 amide bonds. The maximum atomic E-state index is 13.1. The van der Waals surface area contributed by atoms with Gasteiger partial charge in [-0.1, -0.05) is 11.6 Å². The molecule has 0 spiro atoms. The van der Waals surface area contributed by atoms with Gasteiger partial charge in [0, 0.05) is 19.2 Å². The van der Waals surface area contributed by atoms with Crippen LogP contribution in [-0.4, -0.2) is 33.6 Å². The van der Waals surface area contributed by atoms with E-state index in [9.17, 15) is 9.50 Å². The Kier molecular flexibility index (Phi) is 4.47. The van der Waals surface area contributed by atoms with E-state index in [1.807, 2.05) is 0 Å². The molecule has 0 atom stereocenters. The molecule has 2 rings (SSSR count). The van der Waals surface area contributed by atoms with E-state index in [1.54, 1.807) is 11.7 Å². The lowest BCUT2D eigenvalue weighted by Gasteiger charge is -2.09. The van der Waals surface area contributed by atoms with Crippen LogP contribution in [0, 0.1) is 5.82 Å². The highest BCUT2D eigenvalue weighted by Crippen LogP contribution is 2.27. The Hall–Kier alpha value is -1.50. The van der Waals surface area contributed by atoms with Crippen molar-refractivity contribution in [3.63, 3.8) is 0 Å². The van der Waals surface area contributed by atoms with E-state index in [2.05, 4.69) is 10.2 Å². The van der Waals surface area contributed by atoms with Crippen molar-refractivity contribution in [1.82, 2.24) is 14.8 Å². The predicted molar refractivity (Wildman–Crippen MR) is 68.2 cm³/mol. The van der Waals surface area contributed by atoms with E-state index in [0.717, 1.165) is 0 Å². The van der Waals surface area contributed by atoms with Gasteiger partial charge in [0.2, 0.25) is 0 Å². The highest BCUT2D eigenvalue weighted by atomic mass is 35.5.